The van der Waals surface area contributed by atoms with Gasteiger partial charge < -0.3 is 19.1 Å². The van der Waals surface area contributed by atoms with Crippen molar-refractivity contribution in [3.8, 4) is 5.75 Å². The molecule has 0 N–H and O–H groups in total. The fourth-order valence-electron chi connectivity index (χ4n) is 5.26. The first-order valence-corrected chi connectivity index (χ1v) is 14.8. The van der Waals surface area contributed by atoms with Crippen LogP contribution in [0.15, 0.2) is 24.3 Å². The van der Waals surface area contributed by atoms with Crippen molar-refractivity contribution < 1.29 is 26.7 Å². The second-order valence-corrected chi connectivity index (χ2v) is 12.3. The molecule has 4 rings (SSSR count). The first kappa shape index (κ1) is 27.8. The first-order valence-electron chi connectivity index (χ1n) is 13.2. The van der Waals surface area contributed by atoms with Crippen LogP contribution in [-0.4, -0.2) is 96.6 Å². The Kier molecular flexibility index (Phi) is 8.75. The van der Waals surface area contributed by atoms with Crippen molar-refractivity contribution in [2.24, 2.45) is 0 Å². The van der Waals surface area contributed by atoms with Gasteiger partial charge in [-0.1, -0.05) is 6.92 Å². The van der Waals surface area contributed by atoms with E-state index >= 15 is 0 Å². The van der Waals surface area contributed by atoms with Crippen LogP contribution in [0.1, 0.15) is 50.5 Å². The summed E-state index contributed by atoms with van der Waals surface area (Å²) >= 11 is 0. The number of piperidine rings is 1. The number of benzene rings is 1. The lowest BCUT2D eigenvalue weighted by atomic mass is 10.1. The SMILES string of the molecule is CCCS(=O)(=O)N1CCN(C(=O)c2cc3cc(OC4CCN(C(C)C)CC4)ccc3n2CC(F)F)CC1. The second-order valence-electron chi connectivity index (χ2n) is 10.2. The van der Waals surface area contributed by atoms with Gasteiger partial charge in [0.2, 0.25) is 10.0 Å². The Bertz CT molecular complexity index is 1180. The zero-order chi connectivity index (χ0) is 26.7. The van der Waals surface area contributed by atoms with Crippen molar-refractivity contribution in [3.05, 3.63) is 30.0 Å². The van der Waals surface area contributed by atoms with E-state index in [0.29, 0.717) is 29.1 Å². The fourth-order valence-corrected chi connectivity index (χ4v) is 6.75. The lowest BCUT2D eigenvalue weighted by Gasteiger charge is -2.34. The number of alkyl halides is 2. The number of carbonyl (C=O) groups is 1. The molecule has 0 aliphatic carbocycles. The van der Waals surface area contributed by atoms with Crippen LogP contribution in [-0.2, 0) is 16.6 Å². The molecule has 37 heavy (non-hydrogen) atoms. The van der Waals surface area contributed by atoms with Crippen molar-refractivity contribution >= 4 is 26.8 Å². The van der Waals surface area contributed by atoms with Crippen molar-refractivity contribution in [1.29, 1.82) is 0 Å². The van der Waals surface area contributed by atoms with Crippen LogP contribution >= 0.6 is 0 Å². The van der Waals surface area contributed by atoms with E-state index in [4.69, 9.17) is 4.74 Å². The van der Waals surface area contributed by atoms with Gasteiger partial charge in [0.05, 0.1) is 12.3 Å². The first-order chi connectivity index (χ1) is 17.6. The van der Waals surface area contributed by atoms with E-state index in [1.807, 2.05) is 13.0 Å². The third kappa shape index (κ3) is 6.43. The van der Waals surface area contributed by atoms with Crippen molar-refractivity contribution in [3.63, 3.8) is 0 Å². The molecular weight excluding hydrogens is 502 g/mol. The predicted octanol–water partition coefficient (Wildman–Crippen LogP) is 3.66. The molecule has 2 aromatic rings. The maximum absolute atomic E-state index is 13.5. The van der Waals surface area contributed by atoms with Gasteiger partial charge in [-0.05, 0) is 57.4 Å². The number of fused-ring (bicyclic) bond motifs is 1. The molecule has 3 heterocycles. The monoisotopic (exact) mass is 540 g/mol. The van der Waals surface area contributed by atoms with Crippen LogP contribution in [0, 0.1) is 0 Å². The molecule has 11 heteroatoms. The number of aromatic nitrogens is 1. The molecule has 1 aromatic carbocycles. The zero-order valence-corrected chi connectivity index (χ0v) is 22.7. The number of halogens is 2. The van der Waals surface area contributed by atoms with E-state index in [1.54, 1.807) is 23.1 Å². The van der Waals surface area contributed by atoms with Gasteiger partial charge in [0.1, 0.15) is 17.5 Å². The average molecular weight is 541 g/mol. The molecule has 0 radical (unpaired) electrons. The minimum absolute atomic E-state index is 0.0742. The molecule has 1 amide bonds. The van der Waals surface area contributed by atoms with Crippen LogP contribution in [0.5, 0.6) is 5.75 Å². The molecule has 0 unspecified atom stereocenters. The van der Waals surface area contributed by atoms with Crippen LogP contribution in [0.2, 0.25) is 0 Å². The molecule has 0 saturated carbocycles. The number of amides is 1. The summed E-state index contributed by atoms with van der Waals surface area (Å²) in [5.41, 5.74) is 0.734. The van der Waals surface area contributed by atoms with Gasteiger partial charge in [0.25, 0.3) is 12.3 Å². The average Bonchev–Trinajstić information content (AvgIpc) is 3.21. The molecule has 1 aromatic heterocycles. The number of carbonyl (C=O) groups excluding carboxylic acids is 1. The highest BCUT2D eigenvalue weighted by atomic mass is 32.2. The molecule has 0 spiro atoms. The lowest BCUT2D eigenvalue weighted by Crippen LogP contribution is -2.51. The van der Waals surface area contributed by atoms with Gasteiger partial charge >= 0.3 is 0 Å². The largest absolute Gasteiger partial charge is 0.490 e. The maximum Gasteiger partial charge on any atom is 0.270 e. The summed E-state index contributed by atoms with van der Waals surface area (Å²) in [6.45, 7) is 8.39. The number of likely N-dealkylation sites (tertiary alicyclic amines) is 1. The van der Waals surface area contributed by atoms with Crippen LogP contribution in [0.25, 0.3) is 10.9 Å². The van der Waals surface area contributed by atoms with E-state index in [0.717, 1.165) is 25.9 Å². The molecule has 2 aliphatic rings. The van der Waals surface area contributed by atoms with Crippen molar-refractivity contribution in [2.75, 3.05) is 45.0 Å². The number of hydrogen-bond donors (Lipinski definition) is 0. The van der Waals surface area contributed by atoms with Gasteiger partial charge in [-0.25, -0.2) is 17.2 Å². The lowest BCUT2D eigenvalue weighted by molar-refractivity contribution is 0.0679. The summed E-state index contributed by atoms with van der Waals surface area (Å²) < 4.78 is 60.7. The van der Waals surface area contributed by atoms with Gasteiger partial charge in [0.15, 0.2) is 0 Å². The van der Waals surface area contributed by atoms with Crippen molar-refractivity contribution in [2.45, 2.75) is 65.1 Å². The van der Waals surface area contributed by atoms with Gasteiger partial charge in [-0.15, -0.1) is 0 Å². The summed E-state index contributed by atoms with van der Waals surface area (Å²) in [4.78, 5) is 17.4. The fraction of sp³-hybridized carbons (Fsp3) is 0.654. The highest BCUT2D eigenvalue weighted by molar-refractivity contribution is 7.89. The van der Waals surface area contributed by atoms with Crippen LogP contribution in [0.4, 0.5) is 8.78 Å². The Morgan fingerprint density at radius 3 is 2.32 bits per heavy atom. The molecule has 8 nitrogen and oxygen atoms in total. The van der Waals surface area contributed by atoms with Gasteiger partial charge in [-0.3, -0.25) is 4.79 Å². The van der Waals surface area contributed by atoms with Crippen molar-refractivity contribution in [1.82, 2.24) is 18.7 Å². The Labute approximate surface area is 218 Å². The summed E-state index contributed by atoms with van der Waals surface area (Å²) in [5.74, 6) is 0.372. The minimum Gasteiger partial charge on any atom is -0.490 e. The van der Waals surface area contributed by atoms with Gasteiger partial charge in [0, 0.05) is 56.2 Å². The molecule has 2 aliphatic heterocycles. The molecule has 2 fully saturated rings. The van der Waals surface area contributed by atoms with Gasteiger partial charge in [-0.2, -0.15) is 4.31 Å². The number of sulfonamides is 1. The molecule has 2 saturated heterocycles. The third-order valence-electron chi connectivity index (χ3n) is 7.30. The molecule has 0 bridgehead atoms. The quantitative estimate of drug-likeness (QED) is 0.486. The minimum atomic E-state index is -3.34. The van der Waals surface area contributed by atoms with E-state index in [9.17, 15) is 22.0 Å². The molecular formula is C26H38F2N4O4S. The Morgan fingerprint density at radius 2 is 1.73 bits per heavy atom. The molecule has 0 atom stereocenters. The number of piperazine rings is 1. The van der Waals surface area contributed by atoms with E-state index in [1.165, 1.54) is 8.87 Å². The standard InChI is InChI=1S/C26H38F2N4O4S/c1-4-15-37(34,35)31-13-11-30(12-14-31)26(33)24-17-20-16-22(5-6-23(20)32(24)18-25(27)28)36-21-7-9-29(10-8-21)19(2)3/h5-6,16-17,19,21,25H,4,7-15,18H2,1-3H3. The topological polar surface area (TPSA) is 75.1 Å². The van der Waals surface area contributed by atoms with E-state index < -0.39 is 23.0 Å². The summed E-state index contributed by atoms with van der Waals surface area (Å²) in [6, 6.07) is 7.49. The van der Waals surface area contributed by atoms with Crippen LogP contribution in [0.3, 0.4) is 0 Å². The Morgan fingerprint density at radius 1 is 1.05 bits per heavy atom. The summed E-state index contributed by atoms with van der Waals surface area (Å²) in [5, 5.41) is 0.672. The normalized spacial score (nSPS) is 18.8. The number of ether oxygens (including phenoxy) is 1. The predicted molar refractivity (Wildman–Crippen MR) is 140 cm³/mol. The van der Waals surface area contributed by atoms with E-state index in [2.05, 4.69) is 18.7 Å². The zero-order valence-electron chi connectivity index (χ0n) is 21.9. The Balaban J connectivity index is 1.50. The Hall–Kier alpha value is -2.24. The summed E-state index contributed by atoms with van der Waals surface area (Å²) in [7, 11) is -3.34. The summed E-state index contributed by atoms with van der Waals surface area (Å²) in [6.07, 6.45) is -0.159. The highest BCUT2D eigenvalue weighted by Gasteiger charge is 2.30. The number of nitrogens with zero attached hydrogens (tertiary/aromatic N) is 4. The number of rotatable bonds is 9. The highest BCUT2D eigenvalue weighted by Crippen LogP contribution is 2.29. The van der Waals surface area contributed by atoms with Crippen LogP contribution < -0.4 is 4.74 Å². The van der Waals surface area contributed by atoms with E-state index in [-0.39, 0.29) is 49.6 Å². The third-order valence-corrected chi connectivity index (χ3v) is 9.38. The number of hydrogen-bond acceptors (Lipinski definition) is 5. The second kappa shape index (κ2) is 11.7. The smallest absolute Gasteiger partial charge is 0.270 e. The maximum atomic E-state index is 13.5. The molecule has 206 valence electrons.